The van der Waals surface area contributed by atoms with E-state index in [1.807, 2.05) is 6.92 Å². The first-order chi connectivity index (χ1) is 8.99. The van der Waals surface area contributed by atoms with Crippen LogP contribution in [0.1, 0.15) is 25.3 Å². The van der Waals surface area contributed by atoms with Crippen LogP contribution < -0.4 is 10.5 Å². The topological polar surface area (TPSA) is 81.4 Å². The van der Waals surface area contributed by atoms with E-state index < -0.39 is 10.0 Å². The molecular weight excluding hydrogens is 264 g/mol. The highest BCUT2D eigenvalue weighted by Crippen LogP contribution is 2.19. The first kappa shape index (κ1) is 15.9. The van der Waals surface area contributed by atoms with E-state index in [4.69, 9.17) is 10.5 Å². The number of sulfonamides is 1. The number of nitrogen functional groups attached to an aromatic ring is 1. The molecule has 0 spiro atoms. The van der Waals surface area contributed by atoms with Crippen molar-refractivity contribution in [3.05, 3.63) is 23.8 Å². The summed E-state index contributed by atoms with van der Waals surface area (Å²) in [5, 5.41) is 0. The molecule has 6 heteroatoms. The van der Waals surface area contributed by atoms with Gasteiger partial charge in [0.15, 0.2) is 0 Å². The minimum absolute atomic E-state index is 0.238. The molecule has 0 aromatic heterocycles. The zero-order valence-electron chi connectivity index (χ0n) is 11.5. The number of nitrogens with one attached hydrogen (secondary N) is 1. The van der Waals surface area contributed by atoms with Crippen molar-refractivity contribution in [2.75, 3.05) is 25.5 Å². The average Bonchev–Trinajstić information content (AvgIpc) is 2.36. The molecule has 0 amide bonds. The standard InChI is InChI=1S/C13H22N2O3S/c1-3-9-18-10-5-8-15-19(16,17)13-7-4-6-12(14)11(13)2/h4,6-7,15H,3,5,8-10,14H2,1-2H3. The number of hydrogen-bond donors (Lipinski definition) is 2. The quantitative estimate of drug-likeness (QED) is 0.562. The summed E-state index contributed by atoms with van der Waals surface area (Å²) in [5.41, 5.74) is 6.78. The van der Waals surface area contributed by atoms with Gasteiger partial charge in [0.2, 0.25) is 10.0 Å². The van der Waals surface area contributed by atoms with Gasteiger partial charge in [0.25, 0.3) is 0 Å². The second kappa shape index (κ2) is 7.47. The van der Waals surface area contributed by atoms with Crippen molar-refractivity contribution in [3.63, 3.8) is 0 Å². The minimum atomic E-state index is -3.49. The summed E-state index contributed by atoms with van der Waals surface area (Å²) >= 11 is 0. The third-order valence-electron chi connectivity index (χ3n) is 2.72. The maximum atomic E-state index is 12.1. The first-order valence-corrected chi connectivity index (χ1v) is 7.90. The molecular formula is C13H22N2O3S. The van der Waals surface area contributed by atoms with Gasteiger partial charge in [-0.3, -0.25) is 0 Å². The lowest BCUT2D eigenvalue weighted by molar-refractivity contribution is 0.133. The van der Waals surface area contributed by atoms with Gasteiger partial charge in [-0.2, -0.15) is 0 Å². The van der Waals surface area contributed by atoms with Crippen molar-refractivity contribution < 1.29 is 13.2 Å². The van der Waals surface area contributed by atoms with Gasteiger partial charge in [-0.05, 0) is 37.5 Å². The Labute approximate surface area is 115 Å². The van der Waals surface area contributed by atoms with Crippen LogP contribution in [0.15, 0.2) is 23.1 Å². The highest BCUT2D eigenvalue weighted by Gasteiger charge is 2.16. The zero-order valence-corrected chi connectivity index (χ0v) is 12.3. The zero-order chi connectivity index (χ0) is 14.3. The molecule has 1 aromatic carbocycles. The first-order valence-electron chi connectivity index (χ1n) is 6.41. The molecule has 0 saturated heterocycles. The van der Waals surface area contributed by atoms with E-state index in [0.717, 1.165) is 6.42 Å². The van der Waals surface area contributed by atoms with Crippen LogP contribution in [-0.2, 0) is 14.8 Å². The molecule has 0 saturated carbocycles. The average molecular weight is 286 g/mol. The molecule has 0 bridgehead atoms. The lowest BCUT2D eigenvalue weighted by Crippen LogP contribution is -2.26. The number of benzene rings is 1. The van der Waals surface area contributed by atoms with E-state index in [-0.39, 0.29) is 4.90 Å². The highest BCUT2D eigenvalue weighted by atomic mass is 32.2. The van der Waals surface area contributed by atoms with Crippen molar-refractivity contribution in [2.45, 2.75) is 31.6 Å². The molecule has 0 unspecified atom stereocenters. The molecule has 1 rings (SSSR count). The molecule has 0 atom stereocenters. The largest absolute Gasteiger partial charge is 0.398 e. The fraction of sp³-hybridized carbons (Fsp3) is 0.538. The Balaban J connectivity index is 2.54. The molecule has 5 nitrogen and oxygen atoms in total. The third-order valence-corrected chi connectivity index (χ3v) is 4.33. The van der Waals surface area contributed by atoms with Gasteiger partial charge in [0.1, 0.15) is 0 Å². The van der Waals surface area contributed by atoms with Crippen LogP contribution in [0.3, 0.4) is 0 Å². The monoisotopic (exact) mass is 286 g/mol. The summed E-state index contributed by atoms with van der Waals surface area (Å²) in [6, 6.07) is 4.88. The summed E-state index contributed by atoms with van der Waals surface area (Å²) < 4.78 is 32.0. The molecule has 0 heterocycles. The smallest absolute Gasteiger partial charge is 0.240 e. The Hall–Kier alpha value is -1.11. The summed E-state index contributed by atoms with van der Waals surface area (Å²) in [7, 11) is -3.49. The van der Waals surface area contributed by atoms with Gasteiger partial charge >= 0.3 is 0 Å². The molecule has 0 aliphatic carbocycles. The van der Waals surface area contributed by atoms with Crippen LogP contribution in [0.2, 0.25) is 0 Å². The molecule has 0 aliphatic heterocycles. The van der Waals surface area contributed by atoms with Crippen molar-refractivity contribution >= 4 is 15.7 Å². The van der Waals surface area contributed by atoms with Gasteiger partial charge in [0.05, 0.1) is 4.90 Å². The van der Waals surface area contributed by atoms with E-state index in [1.165, 1.54) is 0 Å². The van der Waals surface area contributed by atoms with Crippen LogP contribution >= 0.6 is 0 Å². The Morgan fingerprint density at radius 2 is 2.05 bits per heavy atom. The van der Waals surface area contributed by atoms with Crippen LogP contribution in [0.4, 0.5) is 5.69 Å². The number of hydrogen-bond acceptors (Lipinski definition) is 4. The van der Waals surface area contributed by atoms with E-state index in [1.54, 1.807) is 25.1 Å². The Bertz CT molecular complexity index is 501. The summed E-state index contributed by atoms with van der Waals surface area (Å²) in [5.74, 6) is 0. The summed E-state index contributed by atoms with van der Waals surface area (Å²) in [4.78, 5) is 0.238. The van der Waals surface area contributed by atoms with Crippen molar-refractivity contribution in [2.24, 2.45) is 0 Å². The normalized spacial score (nSPS) is 11.7. The molecule has 3 N–H and O–H groups in total. The number of nitrogens with two attached hydrogens (primary N) is 1. The summed E-state index contributed by atoms with van der Waals surface area (Å²) in [6.45, 7) is 5.37. The third kappa shape index (κ3) is 4.81. The van der Waals surface area contributed by atoms with Crippen LogP contribution in [0.25, 0.3) is 0 Å². The van der Waals surface area contributed by atoms with Crippen molar-refractivity contribution in [1.29, 1.82) is 0 Å². The van der Waals surface area contributed by atoms with Gasteiger partial charge in [-0.25, -0.2) is 13.1 Å². The molecule has 0 radical (unpaired) electrons. The van der Waals surface area contributed by atoms with Crippen LogP contribution in [0, 0.1) is 6.92 Å². The Morgan fingerprint density at radius 3 is 2.74 bits per heavy atom. The second-order valence-electron chi connectivity index (χ2n) is 4.33. The Morgan fingerprint density at radius 1 is 1.32 bits per heavy atom. The second-order valence-corrected chi connectivity index (χ2v) is 6.07. The van der Waals surface area contributed by atoms with E-state index in [0.29, 0.717) is 37.4 Å². The minimum Gasteiger partial charge on any atom is -0.398 e. The van der Waals surface area contributed by atoms with Crippen LogP contribution in [0.5, 0.6) is 0 Å². The van der Waals surface area contributed by atoms with E-state index >= 15 is 0 Å². The molecule has 0 fully saturated rings. The summed E-state index contributed by atoms with van der Waals surface area (Å²) in [6.07, 6.45) is 1.62. The highest BCUT2D eigenvalue weighted by molar-refractivity contribution is 7.89. The lowest BCUT2D eigenvalue weighted by Gasteiger charge is -2.10. The fourth-order valence-corrected chi connectivity index (χ4v) is 2.97. The lowest BCUT2D eigenvalue weighted by atomic mass is 10.2. The molecule has 0 aliphatic rings. The Kier molecular flexibility index (Phi) is 6.27. The van der Waals surface area contributed by atoms with Crippen molar-refractivity contribution in [1.82, 2.24) is 4.72 Å². The van der Waals surface area contributed by atoms with Crippen molar-refractivity contribution in [3.8, 4) is 0 Å². The van der Waals surface area contributed by atoms with E-state index in [9.17, 15) is 8.42 Å². The fourth-order valence-electron chi connectivity index (χ4n) is 1.63. The van der Waals surface area contributed by atoms with E-state index in [2.05, 4.69) is 4.72 Å². The van der Waals surface area contributed by atoms with Gasteiger partial charge in [-0.15, -0.1) is 0 Å². The molecule has 108 valence electrons. The predicted molar refractivity (Wildman–Crippen MR) is 76.5 cm³/mol. The maximum absolute atomic E-state index is 12.1. The molecule has 19 heavy (non-hydrogen) atoms. The van der Waals surface area contributed by atoms with Gasteiger partial charge < -0.3 is 10.5 Å². The number of rotatable bonds is 8. The SMILES string of the molecule is CCCOCCCNS(=O)(=O)c1cccc(N)c1C. The maximum Gasteiger partial charge on any atom is 0.240 e. The molecule has 1 aromatic rings. The van der Waals surface area contributed by atoms with Crippen LogP contribution in [-0.4, -0.2) is 28.2 Å². The van der Waals surface area contributed by atoms with Gasteiger partial charge in [0, 0.05) is 25.4 Å². The predicted octanol–water partition coefficient (Wildman–Crippen LogP) is 1.67. The number of anilines is 1. The number of ether oxygens (including phenoxy) is 1. The van der Waals surface area contributed by atoms with Gasteiger partial charge in [-0.1, -0.05) is 13.0 Å².